The van der Waals surface area contributed by atoms with Crippen molar-refractivity contribution in [2.75, 3.05) is 6.61 Å². The molecule has 3 heterocycles. The summed E-state index contributed by atoms with van der Waals surface area (Å²) >= 11 is 1.41. The summed E-state index contributed by atoms with van der Waals surface area (Å²) in [6, 6.07) is 6.93. The minimum absolute atomic E-state index is 0.0383. The number of benzene rings is 1. The van der Waals surface area contributed by atoms with Crippen molar-refractivity contribution >= 4 is 22.8 Å². The Hall–Kier alpha value is -3.17. The summed E-state index contributed by atoms with van der Waals surface area (Å²) < 4.78 is 35.2. The first-order valence-corrected chi connectivity index (χ1v) is 11.2. The van der Waals surface area contributed by atoms with E-state index < -0.39 is 17.0 Å². The average molecular weight is 472 g/mol. The molecule has 1 aromatic carbocycles. The lowest BCUT2D eigenvalue weighted by atomic mass is 9.85. The van der Waals surface area contributed by atoms with Gasteiger partial charge in [-0.3, -0.25) is 9.20 Å². The first-order chi connectivity index (χ1) is 15.7. The van der Waals surface area contributed by atoms with Gasteiger partial charge in [-0.2, -0.15) is 0 Å². The summed E-state index contributed by atoms with van der Waals surface area (Å²) in [7, 11) is 0. The molecular formula is C24H23F2N3O3S. The number of aliphatic hydroxyl groups is 1. The molecule has 1 unspecified atom stereocenters. The molecule has 0 aliphatic carbocycles. The Morgan fingerprint density at radius 3 is 2.55 bits per heavy atom. The maximum Gasteiger partial charge on any atom is 0.182 e. The largest absolute Gasteiger partial charge is 0.485 e. The molecule has 0 saturated carbocycles. The normalized spacial score (nSPS) is 13.3. The van der Waals surface area contributed by atoms with Gasteiger partial charge in [0.2, 0.25) is 0 Å². The molecule has 0 spiro atoms. The highest BCUT2D eigenvalue weighted by Crippen LogP contribution is 2.32. The van der Waals surface area contributed by atoms with E-state index in [-0.39, 0.29) is 31.0 Å². The molecular weight excluding hydrogens is 448 g/mol. The van der Waals surface area contributed by atoms with Crippen LogP contribution in [0.25, 0.3) is 5.65 Å². The molecule has 1 N–H and O–H groups in total. The second kappa shape index (κ2) is 8.99. The number of rotatable bonds is 8. The van der Waals surface area contributed by atoms with E-state index in [2.05, 4.69) is 9.97 Å². The van der Waals surface area contributed by atoms with E-state index in [1.807, 2.05) is 12.3 Å². The van der Waals surface area contributed by atoms with Crippen LogP contribution in [-0.4, -0.2) is 31.9 Å². The first kappa shape index (κ1) is 23.0. The number of fused-ring (bicyclic) bond motifs is 1. The van der Waals surface area contributed by atoms with Crippen molar-refractivity contribution in [3.05, 3.63) is 81.2 Å². The Labute approximate surface area is 193 Å². The van der Waals surface area contributed by atoms with Crippen LogP contribution in [-0.2, 0) is 12.0 Å². The van der Waals surface area contributed by atoms with Gasteiger partial charge in [-0.15, -0.1) is 11.3 Å². The lowest BCUT2D eigenvalue weighted by molar-refractivity contribution is 0.0912. The quantitative estimate of drug-likeness (QED) is 0.374. The number of thiazole rings is 1. The second-order valence-electron chi connectivity index (χ2n) is 8.21. The van der Waals surface area contributed by atoms with Gasteiger partial charge >= 0.3 is 0 Å². The molecule has 0 fully saturated rings. The Morgan fingerprint density at radius 2 is 1.91 bits per heavy atom. The summed E-state index contributed by atoms with van der Waals surface area (Å²) in [5.74, 6) is -1.31. The number of halogens is 2. The Balaban J connectivity index is 1.64. The number of imidazole rings is 1. The maximum absolute atomic E-state index is 14.0. The van der Waals surface area contributed by atoms with E-state index in [0.717, 1.165) is 5.69 Å². The number of nitrogens with zero attached hydrogens (tertiary/aromatic N) is 3. The van der Waals surface area contributed by atoms with Crippen LogP contribution in [0.15, 0.2) is 41.9 Å². The number of aryl methyl sites for hydroxylation is 2. The molecule has 172 valence electrons. The van der Waals surface area contributed by atoms with Gasteiger partial charge in [-0.1, -0.05) is 13.0 Å². The molecule has 9 heteroatoms. The number of aromatic nitrogens is 3. The molecule has 0 amide bonds. The topological polar surface area (TPSA) is 76.7 Å². The number of ketones is 1. The lowest BCUT2D eigenvalue weighted by Crippen LogP contribution is -2.30. The highest BCUT2D eigenvalue weighted by Gasteiger charge is 2.34. The Morgan fingerprint density at radius 1 is 1.18 bits per heavy atom. The van der Waals surface area contributed by atoms with Gasteiger partial charge in [-0.05, 0) is 38.1 Å². The fourth-order valence-corrected chi connectivity index (χ4v) is 4.65. The zero-order chi connectivity index (χ0) is 23.8. The summed E-state index contributed by atoms with van der Waals surface area (Å²) in [5.41, 5.74) is 1.04. The minimum atomic E-state index is -0.830. The minimum Gasteiger partial charge on any atom is -0.485 e. The van der Waals surface area contributed by atoms with E-state index in [9.17, 15) is 18.7 Å². The second-order valence-corrected chi connectivity index (χ2v) is 9.07. The molecule has 3 aromatic heterocycles. The van der Waals surface area contributed by atoms with Gasteiger partial charge in [0, 0.05) is 29.1 Å². The van der Waals surface area contributed by atoms with Gasteiger partial charge in [0.15, 0.2) is 17.2 Å². The van der Waals surface area contributed by atoms with E-state index in [4.69, 9.17) is 4.74 Å². The zero-order valence-corrected chi connectivity index (χ0v) is 19.2. The SMILES string of the molecule is Cc1csc(C(C)(CO)CC(=O)c2c(C)nc3c(OCc4c(F)cccc4F)cccn23)n1. The third-order valence-corrected chi connectivity index (χ3v) is 6.79. The highest BCUT2D eigenvalue weighted by atomic mass is 32.1. The fourth-order valence-electron chi connectivity index (χ4n) is 3.69. The molecule has 4 rings (SSSR count). The van der Waals surface area contributed by atoms with Gasteiger partial charge < -0.3 is 9.84 Å². The van der Waals surface area contributed by atoms with Crippen molar-refractivity contribution < 1.29 is 23.4 Å². The van der Waals surface area contributed by atoms with Crippen LogP contribution in [0.2, 0.25) is 0 Å². The van der Waals surface area contributed by atoms with E-state index >= 15 is 0 Å². The molecule has 33 heavy (non-hydrogen) atoms. The third kappa shape index (κ3) is 4.38. The fraction of sp³-hybridized carbons (Fsp3) is 0.292. The van der Waals surface area contributed by atoms with E-state index in [1.54, 1.807) is 36.6 Å². The van der Waals surface area contributed by atoms with Crippen LogP contribution in [0.5, 0.6) is 5.75 Å². The zero-order valence-electron chi connectivity index (χ0n) is 18.4. The summed E-state index contributed by atoms with van der Waals surface area (Å²) in [6.07, 6.45) is 1.72. The molecule has 0 bridgehead atoms. The Kier molecular flexibility index (Phi) is 6.27. The van der Waals surface area contributed by atoms with Crippen molar-refractivity contribution in [2.45, 2.75) is 39.2 Å². The van der Waals surface area contributed by atoms with Gasteiger partial charge in [0.1, 0.15) is 28.9 Å². The van der Waals surface area contributed by atoms with Gasteiger partial charge in [0.05, 0.1) is 17.9 Å². The van der Waals surface area contributed by atoms with Crippen LogP contribution in [0, 0.1) is 25.5 Å². The molecule has 0 aliphatic rings. The Bertz CT molecular complexity index is 1310. The van der Waals surface area contributed by atoms with Crippen molar-refractivity contribution in [1.82, 2.24) is 14.4 Å². The number of Topliss-reactive ketones (excluding diaryl/α,β-unsaturated/α-hetero) is 1. The summed E-state index contributed by atoms with van der Waals surface area (Å²) in [6.45, 7) is 4.83. The molecule has 4 aromatic rings. The molecule has 6 nitrogen and oxygen atoms in total. The number of hydrogen-bond acceptors (Lipinski definition) is 6. The van der Waals surface area contributed by atoms with Crippen LogP contribution < -0.4 is 4.74 Å². The van der Waals surface area contributed by atoms with Crippen LogP contribution >= 0.6 is 11.3 Å². The number of carbonyl (C=O) groups excluding carboxylic acids is 1. The summed E-state index contributed by atoms with van der Waals surface area (Å²) in [4.78, 5) is 22.3. The third-order valence-electron chi connectivity index (χ3n) is 5.52. The van der Waals surface area contributed by atoms with E-state index in [0.29, 0.717) is 27.8 Å². The molecule has 0 radical (unpaired) electrons. The van der Waals surface area contributed by atoms with Crippen LogP contribution in [0.3, 0.4) is 0 Å². The van der Waals surface area contributed by atoms with Crippen molar-refractivity contribution in [3.8, 4) is 5.75 Å². The van der Waals surface area contributed by atoms with Gasteiger partial charge in [0.25, 0.3) is 0 Å². The molecule has 0 saturated heterocycles. The van der Waals surface area contributed by atoms with Crippen molar-refractivity contribution in [2.24, 2.45) is 0 Å². The molecule has 1 atom stereocenters. The summed E-state index contributed by atoms with van der Waals surface area (Å²) in [5, 5.41) is 12.6. The molecule has 0 aliphatic heterocycles. The van der Waals surface area contributed by atoms with Crippen molar-refractivity contribution in [1.29, 1.82) is 0 Å². The smallest absolute Gasteiger partial charge is 0.182 e. The number of carbonyl (C=O) groups is 1. The van der Waals surface area contributed by atoms with Gasteiger partial charge in [-0.25, -0.2) is 18.7 Å². The monoisotopic (exact) mass is 471 g/mol. The van der Waals surface area contributed by atoms with E-state index in [1.165, 1.54) is 29.5 Å². The predicted molar refractivity (Wildman–Crippen MR) is 121 cm³/mol. The average Bonchev–Trinajstić information content (AvgIpc) is 3.36. The lowest BCUT2D eigenvalue weighted by Gasteiger charge is -2.24. The number of aliphatic hydroxyl groups excluding tert-OH is 1. The van der Waals surface area contributed by atoms with Crippen LogP contribution in [0.4, 0.5) is 8.78 Å². The number of ether oxygens (including phenoxy) is 1. The number of pyridine rings is 1. The maximum atomic E-state index is 14.0. The highest BCUT2D eigenvalue weighted by molar-refractivity contribution is 7.09. The number of hydrogen-bond donors (Lipinski definition) is 1. The van der Waals surface area contributed by atoms with Crippen LogP contribution in [0.1, 0.15) is 45.8 Å². The predicted octanol–water partition coefficient (Wildman–Crippen LogP) is 4.79. The van der Waals surface area contributed by atoms with Crippen molar-refractivity contribution in [3.63, 3.8) is 0 Å². The first-order valence-electron chi connectivity index (χ1n) is 10.3. The standard InChI is InChI=1S/C24H23F2N3O3S/c1-14-12-33-23(27-14)24(3,13-30)10-19(31)21-15(2)28-22-20(8-5-9-29(21)22)32-11-16-17(25)6-4-7-18(16)26/h4-9,12,30H,10-11,13H2,1-3H3.